The summed E-state index contributed by atoms with van der Waals surface area (Å²) in [5.41, 5.74) is 0. The Kier molecular flexibility index (Phi) is 3.56. The molecule has 1 unspecified atom stereocenters. The summed E-state index contributed by atoms with van der Waals surface area (Å²) in [6.45, 7) is -1.04. The van der Waals surface area contributed by atoms with Crippen molar-refractivity contribution in [1.82, 2.24) is 0 Å². The Balaban J connectivity index is 3.17. The van der Waals surface area contributed by atoms with Crippen molar-refractivity contribution in [2.45, 2.75) is 12.6 Å². The molecule has 0 nitrogen and oxygen atoms in total. The Morgan fingerprint density at radius 2 is 1.88 bits per heavy atom. The minimum absolute atomic E-state index is 0.734. The van der Waals surface area contributed by atoms with Gasteiger partial charge in [-0.15, -0.1) is 0 Å². The minimum Gasteiger partial charge on any atom is -0.251 e. The fourth-order valence-corrected chi connectivity index (χ4v) is 0.205. The Morgan fingerprint density at radius 3 is 2.00 bits per heavy atom. The Labute approximate surface area is 44.5 Å². The van der Waals surface area contributed by atoms with Crippen molar-refractivity contribution in [3.63, 3.8) is 0 Å². The van der Waals surface area contributed by atoms with Gasteiger partial charge in [0.05, 0.1) is 6.67 Å². The molecule has 4 heteroatoms. The first-order valence-electron chi connectivity index (χ1n) is 2.06. The molecule has 0 spiro atoms. The minimum atomic E-state index is -2.38. The Bertz CT molecular complexity index is 54.0. The first-order chi connectivity index (χ1) is 3.68. The lowest BCUT2D eigenvalue weighted by molar-refractivity contribution is 0.144. The molecule has 0 fully saturated rings. The normalized spacial score (nSPS) is 14.6. The third-order valence-electron chi connectivity index (χ3n) is 0.599. The molecule has 49 valence electrons. The molecule has 0 heterocycles. The van der Waals surface area contributed by atoms with Gasteiger partial charge in [0.15, 0.2) is 6.17 Å². The van der Waals surface area contributed by atoms with E-state index in [1.807, 2.05) is 0 Å². The van der Waals surface area contributed by atoms with Crippen LogP contribution in [0.15, 0.2) is 0 Å². The van der Waals surface area contributed by atoms with Gasteiger partial charge in [-0.1, -0.05) is 0 Å². The number of alkyl halides is 2. The van der Waals surface area contributed by atoms with Crippen molar-refractivity contribution in [2.75, 3.05) is 6.67 Å². The van der Waals surface area contributed by atoms with Crippen LogP contribution in [-0.2, 0) is 0 Å². The highest BCUT2D eigenvalue weighted by Gasteiger charge is 2.20. The molecular weight excluding hydrogens is 124 g/mol. The van der Waals surface area contributed by atoms with Crippen LogP contribution < -0.4 is 0 Å². The fourth-order valence-electron chi connectivity index (χ4n) is 0.205. The lowest BCUT2D eigenvalue weighted by Gasteiger charge is -1.98. The first-order valence-corrected chi connectivity index (χ1v) is 2.06. The van der Waals surface area contributed by atoms with Gasteiger partial charge in [0, 0.05) is 6.42 Å². The number of hydrogen-bond donors (Lipinski definition) is 0. The third kappa shape index (κ3) is 2.82. The molecule has 0 rings (SSSR count). The molecular formula is C4H5F4. The fraction of sp³-hybridized carbons (Fsp3) is 0.750. The molecule has 0 aromatic rings. The Morgan fingerprint density at radius 1 is 1.38 bits per heavy atom. The molecule has 0 N–H and O–H groups in total. The molecule has 0 aromatic carbocycles. The highest BCUT2D eigenvalue weighted by atomic mass is 19.3. The van der Waals surface area contributed by atoms with Crippen molar-refractivity contribution < 1.29 is 17.6 Å². The van der Waals surface area contributed by atoms with E-state index in [1.54, 1.807) is 0 Å². The van der Waals surface area contributed by atoms with E-state index in [-0.39, 0.29) is 0 Å². The first kappa shape index (κ1) is 7.72. The Hall–Kier alpha value is -0.280. The van der Waals surface area contributed by atoms with E-state index < -0.39 is 25.7 Å². The van der Waals surface area contributed by atoms with Crippen molar-refractivity contribution in [2.24, 2.45) is 0 Å². The van der Waals surface area contributed by atoms with Crippen molar-refractivity contribution in [1.29, 1.82) is 0 Å². The molecule has 0 aliphatic carbocycles. The topological polar surface area (TPSA) is 0 Å². The maximum absolute atomic E-state index is 11.5. The lowest BCUT2D eigenvalue weighted by atomic mass is 10.3. The summed E-state index contributed by atoms with van der Waals surface area (Å²) >= 11 is 0. The molecule has 0 bridgehead atoms. The van der Waals surface area contributed by atoms with Crippen LogP contribution in [0.2, 0.25) is 0 Å². The average Bonchev–Trinajstić information content (AvgIpc) is 1.67. The monoisotopic (exact) mass is 129 g/mol. The SMILES string of the molecule is FCCC(F)[C](F)F. The number of hydrogen-bond acceptors (Lipinski definition) is 0. The molecule has 1 radical (unpaired) electrons. The smallest absolute Gasteiger partial charge is 0.251 e. The summed E-state index contributed by atoms with van der Waals surface area (Å²) in [5.74, 6) is 0. The summed E-state index contributed by atoms with van der Waals surface area (Å²) in [5, 5.41) is 0. The zero-order chi connectivity index (χ0) is 6.57. The summed E-state index contributed by atoms with van der Waals surface area (Å²) in [7, 11) is 0. The van der Waals surface area contributed by atoms with E-state index >= 15 is 0 Å². The standard InChI is InChI=1S/C4H5F4/c5-2-1-3(6)4(7)8/h3H,1-2H2. The summed E-state index contributed by atoms with van der Waals surface area (Å²) in [6, 6.07) is 0. The summed E-state index contributed by atoms with van der Waals surface area (Å²) < 4.78 is 44.5. The molecule has 0 aliphatic rings. The second-order valence-electron chi connectivity index (χ2n) is 1.23. The maximum Gasteiger partial charge on any atom is 0.343 e. The van der Waals surface area contributed by atoms with Gasteiger partial charge in [-0.05, 0) is 0 Å². The van der Waals surface area contributed by atoms with Gasteiger partial charge in [-0.2, -0.15) is 8.78 Å². The van der Waals surface area contributed by atoms with Crippen LogP contribution in [0.25, 0.3) is 0 Å². The highest BCUT2D eigenvalue weighted by Crippen LogP contribution is 2.16. The van der Waals surface area contributed by atoms with Gasteiger partial charge in [-0.25, -0.2) is 4.39 Å². The van der Waals surface area contributed by atoms with Crippen LogP contribution in [0.1, 0.15) is 6.42 Å². The van der Waals surface area contributed by atoms with Crippen molar-refractivity contribution in [3.05, 3.63) is 6.43 Å². The van der Waals surface area contributed by atoms with Gasteiger partial charge in [0.25, 0.3) is 0 Å². The highest BCUT2D eigenvalue weighted by molar-refractivity contribution is 4.72. The number of rotatable bonds is 3. The third-order valence-corrected chi connectivity index (χ3v) is 0.599. The van der Waals surface area contributed by atoms with Gasteiger partial charge >= 0.3 is 6.43 Å². The van der Waals surface area contributed by atoms with Gasteiger partial charge in [0.1, 0.15) is 0 Å². The maximum atomic E-state index is 11.5. The molecule has 1 atom stereocenters. The summed E-state index contributed by atoms with van der Waals surface area (Å²) in [4.78, 5) is 0. The van der Waals surface area contributed by atoms with E-state index in [4.69, 9.17) is 0 Å². The van der Waals surface area contributed by atoms with E-state index in [2.05, 4.69) is 0 Å². The predicted octanol–water partition coefficient (Wildman–Crippen LogP) is 2.11. The molecule has 0 saturated carbocycles. The van der Waals surface area contributed by atoms with Gasteiger partial charge < -0.3 is 0 Å². The van der Waals surface area contributed by atoms with Crippen molar-refractivity contribution >= 4 is 0 Å². The van der Waals surface area contributed by atoms with Crippen LogP contribution in [0, 0.1) is 6.43 Å². The van der Waals surface area contributed by atoms with Gasteiger partial charge in [0.2, 0.25) is 0 Å². The molecule has 0 amide bonds. The quantitative estimate of drug-likeness (QED) is 0.512. The average molecular weight is 129 g/mol. The van der Waals surface area contributed by atoms with Gasteiger partial charge in [-0.3, -0.25) is 4.39 Å². The number of halogens is 4. The van der Waals surface area contributed by atoms with Crippen LogP contribution in [-0.4, -0.2) is 12.8 Å². The van der Waals surface area contributed by atoms with E-state index in [1.165, 1.54) is 0 Å². The zero-order valence-corrected chi connectivity index (χ0v) is 4.00. The lowest BCUT2D eigenvalue weighted by Crippen LogP contribution is -2.04. The second kappa shape index (κ2) is 3.69. The van der Waals surface area contributed by atoms with E-state index in [0.717, 1.165) is 0 Å². The van der Waals surface area contributed by atoms with Crippen molar-refractivity contribution in [3.8, 4) is 0 Å². The van der Waals surface area contributed by atoms with Crippen LogP contribution in [0.5, 0.6) is 0 Å². The largest absolute Gasteiger partial charge is 0.343 e. The summed E-state index contributed by atoms with van der Waals surface area (Å²) in [6.07, 6.45) is -5.45. The second-order valence-corrected chi connectivity index (χ2v) is 1.23. The van der Waals surface area contributed by atoms with E-state index in [9.17, 15) is 17.6 Å². The molecule has 0 saturated heterocycles. The van der Waals surface area contributed by atoms with Crippen LogP contribution in [0.3, 0.4) is 0 Å². The molecule has 8 heavy (non-hydrogen) atoms. The van der Waals surface area contributed by atoms with Crippen LogP contribution >= 0.6 is 0 Å². The molecule has 0 aromatic heterocycles. The van der Waals surface area contributed by atoms with E-state index in [0.29, 0.717) is 0 Å². The zero-order valence-electron chi connectivity index (χ0n) is 4.00. The predicted molar refractivity (Wildman–Crippen MR) is 20.9 cm³/mol. The molecule has 0 aliphatic heterocycles. The van der Waals surface area contributed by atoms with Crippen LogP contribution in [0.4, 0.5) is 17.6 Å².